The van der Waals surface area contributed by atoms with Crippen LogP contribution in [-0.4, -0.2) is 45.3 Å². The van der Waals surface area contributed by atoms with Crippen LogP contribution in [0.3, 0.4) is 0 Å². The molecule has 26 heavy (non-hydrogen) atoms. The third kappa shape index (κ3) is 5.23. The number of nitrogens with two attached hydrogens (primary N) is 1. The second-order valence-corrected chi connectivity index (χ2v) is 6.99. The van der Waals surface area contributed by atoms with Gasteiger partial charge in [0.05, 0.1) is 0 Å². The van der Waals surface area contributed by atoms with Gasteiger partial charge in [-0.2, -0.15) is 0 Å². The average Bonchev–Trinajstić information content (AvgIpc) is 2.76. The lowest BCUT2D eigenvalue weighted by Crippen LogP contribution is -2.44. The van der Waals surface area contributed by atoms with Gasteiger partial charge in [0.2, 0.25) is 0 Å². The number of nitrogens with one attached hydrogen (secondary N) is 1. The normalized spacial score (nSPS) is 20.3. The molecule has 2 saturated heterocycles. The van der Waals surface area contributed by atoms with Crippen molar-refractivity contribution in [2.45, 2.75) is 25.3 Å². The fourth-order valence-electron chi connectivity index (χ4n) is 3.77. The molecule has 2 heterocycles. The maximum atomic E-state index is 5.79. The second kappa shape index (κ2) is 10.2. The molecule has 2 aliphatic heterocycles. The van der Waals surface area contributed by atoms with E-state index in [1.807, 2.05) is 0 Å². The van der Waals surface area contributed by atoms with E-state index in [4.69, 9.17) is 5.73 Å². The van der Waals surface area contributed by atoms with Crippen LogP contribution in [0.2, 0.25) is 0 Å². The molecule has 0 saturated carbocycles. The number of nitrogens with zero attached hydrogens (tertiary/aromatic N) is 2. The van der Waals surface area contributed by atoms with Gasteiger partial charge in [-0.3, -0.25) is 0 Å². The minimum absolute atomic E-state index is 0.547. The average molecular weight is 353 g/mol. The first-order valence-electron chi connectivity index (χ1n) is 9.91. The van der Waals surface area contributed by atoms with E-state index in [0.717, 1.165) is 39.3 Å². The van der Waals surface area contributed by atoms with E-state index in [0.29, 0.717) is 6.04 Å². The molecular weight excluding hydrogens is 320 g/mol. The number of hydrogen-bond donors (Lipinski definition) is 2. The fourth-order valence-corrected chi connectivity index (χ4v) is 3.77. The number of hydrogen-bond acceptors (Lipinski definition) is 4. The van der Waals surface area contributed by atoms with E-state index in [9.17, 15) is 0 Å². The highest BCUT2D eigenvalue weighted by Crippen LogP contribution is 2.23. The first kappa shape index (κ1) is 18.7. The molecule has 1 atom stereocenters. The van der Waals surface area contributed by atoms with Crippen LogP contribution in [0.1, 0.15) is 19.3 Å². The van der Waals surface area contributed by atoms with Crippen LogP contribution in [0.25, 0.3) is 0 Å². The zero-order valence-corrected chi connectivity index (χ0v) is 15.7. The van der Waals surface area contributed by atoms with E-state index in [-0.39, 0.29) is 0 Å². The van der Waals surface area contributed by atoms with Crippen molar-refractivity contribution in [2.24, 2.45) is 5.73 Å². The molecule has 0 aliphatic carbocycles. The summed E-state index contributed by atoms with van der Waals surface area (Å²) in [6.07, 6.45) is 3.86. The number of rotatable bonds is 3. The van der Waals surface area contributed by atoms with Crippen molar-refractivity contribution in [2.75, 3.05) is 49.1 Å². The minimum atomic E-state index is 0.547. The van der Waals surface area contributed by atoms with Gasteiger partial charge in [0.1, 0.15) is 0 Å². The molecule has 4 nitrogen and oxygen atoms in total. The van der Waals surface area contributed by atoms with Crippen molar-refractivity contribution in [1.29, 1.82) is 0 Å². The number of para-hydroxylation sites is 2. The predicted octanol–water partition coefficient (Wildman–Crippen LogP) is 3.10. The molecule has 140 valence electrons. The SMILES string of the molecule is NCC1CCCCN1c1ccccc1.c1ccc(N2CCNCC2)cc1. The summed E-state index contributed by atoms with van der Waals surface area (Å²) in [5.74, 6) is 0. The number of benzene rings is 2. The zero-order chi connectivity index (χ0) is 18.0. The Morgan fingerprint density at radius 2 is 1.42 bits per heavy atom. The molecule has 4 heteroatoms. The largest absolute Gasteiger partial charge is 0.369 e. The highest BCUT2D eigenvalue weighted by atomic mass is 15.2. The van der Waals surface area contributed by atoms with Crippen molar-refractivity contribution < 1.29 is 0 Å². The lowest BCUT2D eigenvalue weighted by Gasteiger charge is -2.36. The van der Waals surface area contributed by atoms with Gasteiger partial charge < -0.3 is 20.9 Å². The lowest BCUT2D eigenvalue weighted by atomic mass is 10.0. The van der Waals surface area contributed by atoms with Crippen LogP contribution in [-0.2, 0) is 0 Å². The van der Waals surface area contributed by atoms with Crippen LogP contribution in [0, 0.1) is 0 Å². The first-order chi connectivity index (χ1) is 12.9. The molecule has 0 amide bonds. The fraction of sp³-hybridized carbons (Fsp3) is 0.455. The Balaban J connectivity index is 0.000000152. The zero-order valence-electron chi connectivity index (χ0n) is 15.7. The van der Waals surface area contributed by atoms with Crippen molar-refractivity contribution in [1.82, 2.24) is 5.32 Å². The Hall–Kier alpha value is -2.04. The van der Waals surface area contributed by atoms with Crippen molar-refractivity contribution in [3.63, 3.8) is 0 Å². The minimum Gasteiger partial charge on any atom is -0.369 e. The van der Waals surface area contributed by atoms with Gasteiger partial charge in [0, 0.05) is 56.7 Å². The molecule has 0 aromatic heterocycles. The highest BCUT2D eigenvalue weighted by molar-refractivity contribution is 5.47. The summed E-state index contributed by atoms with van der Waals surface area (Å²) in [6.45, 7) is 6.40. The van der Waals surface area contributed by atoms with Crippen LogP contribution in [0.5, 0.6) is 0 Å². The summed E-state index contributed by atoms with van der Waals surface area (Å²) in [5.41, 5.74) is 8.46. The van der Waals surface area contributed by atoms with E-state index >= 15 is 0 Å². The summed E-state index contributed by atoms with van der Waals surface area (Å²) >= 11 is 0. The molecule has 2 fully saturated rings. The van der Waals surface area contributed by atoms with Gasteiger partial charge in [-0.1, -0.05) is 36.4 Å². The number of piperidine rings is 1. The van der Waals surface area contributed by atoms with E-state index in [1.165, 1.54) is 30.6 Å². The molecule has 4 rings (SSSR count). The molecule has 0 spiro atoms. The monoisotopic (exact) mass is 352 g/mol. The quantitative estimate of drug-likeness (QED) is 0.891. The van der Waals surface area contributed by atoms with Crippen LogP contribution >= 0.6 is 0 Å². The Bertz CT molecular complexity index is 611. The van der Waals surface area contributed by atoms with E-state index in [2.05, 4.69) is 75.8 Å². The third-order valence-electron chi connectivity index (χ3n) is 5.23. The van der Waals surface area contributed by atoms with Crippen molar-refractivity contribution >= 4 is 11.4 Å². The van der Waals surface area contributed by atoms with Crippen LogP contribution in [0.15, 0.2) is 60.7 Å². The maximum Gasteiger partial charge on any atom is 0.0412 e. The van der Waals surface area contributed by atoms with Crippen molar-refractivity contribution in [3.05, 3.63) is 60.7 Å². The molecule has 2 aromatic rings. The van der Waals surface area contributed by atoms with Crippen molar-refractivity contribution in [3.8, 4) is 0 Å². The van der Waals surface area contributed by atoms with E-state index in [1.54, 1.807) is 0 Å². The Kier molecular flexibility index (Phi) is 7.35. The first-order valence-corrected chi connectivity index (χ1v) is 9.91. The van der Waals surface area contributed by atoms with Gasteiger partial charge >= 0.3 is 0 Å². The standard InChI is InChI=1S/C12H18N2.C10H14N2/c13-10-12-8-4-5-9-14(12)11-6-2-1-3-7-11;1-2-4-10(5-3-1)12-8-6-11-7-9-12/h1-3,6-7,12H,4-5,8-10,13H2;1-5,11H,6-9H2. The number of piperazine rings is 1. The maximum absolute atomic E-state index is 5.79. The summed E-state index contributed by atoms with van der Waals surface area (Å²) in [7, 11) is 0. The predicted molar refractivity (Wildman–Crippen MR) is 112 cm³/mol. The van der Waals surface area contributed by atoms with Gasteiger partial charge in [0.15, 0.2) is 0 Å². The summed E-state index contributed by atoms with van der Waals surface area (Å²) < 4.78 is 0. The van der Waals surface area contributed by atoms with Crippen LogP contribution in [0.4, 0.5) is 11.4 Å². The van der Waals surface area contributed by atoms with Gasteiger partial charge in [-0.05, 0) is 43.5 Å². The Morgan fingerprint density at radius 3 is 2.04 bits per heavy atom. The van der Waals surface area contributed by atoms with Gasteiger partial charge in [-0.15, -0.1) is 0 Å². The van der Waals surface area contributed by atoms with Crippen LogP contribution < -0.4 is 20.9 Å². The molecule has 0 radical (unpaired) electrons. The Labute approximate surface area is 158 Å². The summed E-state index contributed by atoms with van der Waals surface area (Å²) in [4.78, 5) is 4.86. The summed E-state index contributed by atoms with van der Waals surface area (Å²) in [6, 6.07) is 21.7. The Morgan fingerprint density at radius 1 is 0.808 bits per heavy atom. The highest BCUT2D eigenvalue weighted by Gasteiger charge is 2.20. The molecule has 2 aromatic carbocycles. The molecule has 0 bridgehead atoms. The smallest absolute Gasteiger partial charge is 0.0412 e. The molecule has 3 N–H and O–H groups in total. The molecular formula is C22H32N4. The third-order valence-corrected chi connectivity index (χ3v) is 5.23. The topological polar surface area (TPSA) is 44.5 Å². The van der Waals surface area contributed by atoms with Gasteiger partial charge in [0.25, 0.3) is 0 Å². The summed E-state index contributed by atoms with van der Waals surface area (Å²) in [5, 5.41) is 3.34. The second-order valence-electron chi connectivity index (χ2n) is 6.99. The van der Waals surface area contributed by atoms with E-state index < -0.39 is 0 Å². The van der Waals surface area contributed by atoms with Gasteiger partial charge in [-0.25, -0.2) is 0 Å². The molecule has 2 aliphatic rings. The number of anilines is 2. The lowest BCUT2D eigenvalue weighted by molar-refractivity contribution is 0.465. The molecule has 1 unspecified atom stereocenters.